The molecule has 0 bridgehead atoms. The Balaban J connectivity index is 2.04. The van der Waals surface area contributed by atoms with E-state index in [-0.39, 0.29) is 30.4 Å². The largest absolute Gasteiger partial charge is 0.481 e. The average Bonchev–Trinajstić information content (AvgIpc) is 2.86. The smallest absolute Gasteiger partial charge is 0.305 e. The number of carboxylic acid groups (broad SMARTS) is 1. The number of amides is 1. The zero-order chi connectivity index (χ0) is 13.8. The van der Waals surface area contributed by atoms with Crippen LogP contribution in [-0.4, -0.2) is 58.7 Å². The summed E-state index contributed by atoms with van der Waals surface area (Å²) in [6, 6.07) is -0.165. The molecule has 19 heavy (non-hydrogen) atoms. The summed E-state index contributed by atoms with van der Waals surface area (Å²) in [5.41, 5.74) is 0. The fraction of sp³-hybridized carbons (Fsp3) is 0.846. The van der Waals surface area contributed by atoms with Crippen molar-refractivity contribution in [2.24, 2.45) is 5.92 Å². The van der Waals surface area contributed by atoms with Crippen LogP contribution in [0.2, 0.25) is 0 Å². The van der Waals surface area contributed by atoms with Crippen LogP contribution in [0, 0.1) is 5.92 Å². The maximum atomic E-state index is 12.6. The van der Waals surface area contributed by atoms with E-state index in [0.717, 1.165) is 24.3 Å². The number of hydrogen-bond acceptors (Lipinski definition) is 4. The Kier molecular flexibility index (Phi) is 5.10. The van der Waals surface area contributed by atoms with Crippen LogP contribution in [0.4, 0.5) is 0 Å². The van der Waals surface area contributed by atoms with E-state index in [9.17, 15) is 9.59 Å². The molecule has 2 aliphatic heterocycles. The highest BCUT2D eigenvalue weighted by atomic mass is 32.2. The summed E-state index contributed by atoms with van der Waals surface area (Å²) in [5.74, 6) is 0.801. The number of nitrogens with zero attached hydrogens (tertiary/aromatic N) is 1. The van der Waals surface area contributed by atoms with Gasteiger partial charge in [-0.2, -0.15) is 11.8 Å². The first-order valence-electron chi connectivity index (χ1n) is 6.85. The van der Waals surface area contributed by atoms with Gasteiger partial charge in [-0.3, -0.25) is 9.59 Å². The van der Waals surface area contributed by atoms with Crippen molar-refractivity contribution in [3.63, 3.8) is 0 Å². The molecular formula is C13H21NO4S. The molecule has 0 aromatic heterocycles. The van der Waals surface area contributed by atoms with Gasteiger partial charge in [0.1, 0.15) is 0 Å². The van der Waals surface area contributed by atoms with Crippen molar-refractivity contribution < 1.29 is 19.4 Å². The summed E-state index contributed by atoms with van der Waals surface area (Å²) in [4.78, 5) is 25.3. The summed E-state index contributed by atoms with van der Waals surface area (Å²) < 4.78 is 5.57. The molecule has 2 rings (SSSR count). The number of aliphatic carboxylic acids is 1. The topological polar surface area (TPSA) is 66.8 Å². The summed E-state index contributed by atoms with van der Waals surface area (Å²) in [6.45, 7) is 3.33. The third-order valence-corrected chi connectivity index (χ3v) is 4.94. The van der Waals surface area contributed by atoms with E-state index >= 15 is 0 Å². The maximum Gasteiger partial charge on any atom is 0.305 e. The van der Waals surface area contributed by atoms with E-state index < -0.39 is 5.97 Å². The molecule has 2 heterocycles. The summed E-state index contributed by atoms with van der Waals surface area (Å²) in [6.07, 6.45) is 1.65. The lowest BCUT2D eigenvalue weighted by Crippen LogP contribution is -2.50. The third kappa shape index (κ3) is 3.42. The van der Waals surface area contributed by atoms with E-state index in [1.807, 2.05) is 6.92 Å². The zero-order valence-electron chi connectivity index (χ0n) is 11.2. The first-order valence-corrected chi connectivity index (χ1v) is 8.00. The second-order valence-corrected chi connectivity index (χ2v) is 6.22. The molecule has 3 atom stereocenters. The molecule has 0 aliphatic carbocycles. The Hall–Kier alpha value is -0.750. The third-order valence-electron chi connectivity index (χ3n) is 3.85. The number of hydrogen-bond donors (Lipinski definition) is 1. The van der Waals surface area contributed by atoms with Crippen LogP contribution in [-0.2, 0) is 14.3 Å². The Morgan fingerprint density at radius 2 is 2.26 bits per heavy atom. The van der Waals surface area contributed by atoms with Crippen molar-refractivity contribution in [3.05, 3.63) is 0 Å². The predicted octanol–water partition coefficient (Wildman–Crippen LogP) is 1.22. The minimum atomic E-state index is -0.833. The van der Waals surface area contributed by atoms with Gasteiger partial charge < -0.3 is 14.7 Å². The number of thioether (sulfide) groups is 1. The Morgan fingerprint density at radius 1 is 1.47 bits per heavy atom. The Bertz CT molecular complexity index is 350. The van der Waals surface area contributed by atoms with Gasteiger partial charge in [0.25, 0.3) is 0 Å². The summed E-state index contributed by atoms with van der Waals surface area (Å²) in [5, 5.41) is 8.96. The zero-order valence-corrected chi connectivity index (χ0v) is 12.0. The minimum absolute atomic E-state index is 0.00700. The van der Waals surface area contributed by atoms with Crippen LogP contribution in [0.25, 0.3) is 0 Å². The van der Waals surface area contributed by atoms with Gasteiger partial charge in [-0.05, 0) is 12.8 Å². The lowest BCUT2D eigenvalue weighted by atomic mass is 9.97. The minimum Gasteiger partial charge on any atom is -0.481 e. The van der Waals surface area contributed by atoms with E-state index in [1.54, 1.807) is 16.7 Å². The monoisotopic (exact) mass is 287 g/mol. The van der Waals surface area contributed by atoms with Gasteiger partial charge in [-0.1, -0.05) is 6.92 Å². The van der Waals surface area contributed by atoms with Crippen molar-refractivity contribution >= 4 is 23.6 Å². The van der Waals surface area contributed by atoms with E-state index in [1.165, 1.54) is 0 Å². The van der Waals surface area contributed by atoms with E-state index in [4.69, 9.17) is 9.84 Å². The Labute approximate surface area is 117 Å². The molecule has 2 saturated heterocycles. The van der Waals surface area contributed by atoms with Crippen molar-refractivity contribution in [2.45, 2.75) is 38.3 Å². The quantitative estimate of drug-likeness (QED) is 0.842. The van der Waals surface area contributed by atoms with Gasteiger partial charge in [0.15, 0.2) is 0 Å². The molecule has 3 unspecified atom stereocenters. The van der Waals surface area contributed by atoms with Crippen molar-refractivity contribution in [1.29, 1.82) is 0 Å². The normalized spacial score (nSPS) is 31.4. The SMILES string of the molecule is CCC1OCCC1C(=O)N1CCSCC1CC(=O)O. The fourth-order valence-electron chi connectivity index (χ4n) is 2.86. The summed E-state index contributed by atoms with van der Waals surface area (Å²) in [7, 11) is 0. The van der Waals surface area contributed by atoms with E-state index in [0.29, 0.717) is 13.2 Å². The molecule has 0 spiro atoms. The van der Waals surface area contributed by atoms with Crippen LogP contribution in [0.3, 0.4) is 0 Å². The molecule has 0 aromatic carbocycles. The fourth-order valence-corrected chi connectivity index (χ4v) is 3.92. The highest BCUT2D eigenvalue weighted by molar-refractivity contribution is 7.99. The second-order valence-electron chi connectivity index (χ2n) is 5.07. The van der Waals surface area contributed by atoms with Gasteiger partial charge in [-0.15, -0.1) is 0 Å². The van der Waals surface area contributed by atoms with Gasteiger partial charge in [0, 0.05) is 24.7 Å². The number of carboxylic acids is 1. The van der Waals surface area contributed by atoms with Gasteiger partial charge in [0.2, 0.25) is 5.91 Å². The van der Waals surface area contributed by atoms with Crippen molar-refractivity contribution in [2.75, 3.05) is 24.7 Å². The number of carbonyl (C=O) groups is 2. The lowest BCUT2D eigenvalue weighted by Gasteiger charge is -2.37. The molecule has 0 saturated carbocycles. The maximum absolute atomic E-state index is 12.6. The first-order chi connectivity index (χ1) is 9.13. The van der Waals surface area contributed by atoms with Gasteiger partial charge in [-0.25, -0.2) is 0 Å². The molecule has 2 fully saturated rings. The molecule has 6 heteroatoms. The highest BCUT2D eigenvalue weighted by Gasteiger charge is 2.38. The molecule has 1 amide bonds. The van der Waals surface area contributed by atoms with Crippen LogP contribution >= 0.6 is 11.8 Å². The lowest BCUT2D eigenvalue weighted by molar-refractivity contribution is -0.143. The van der Waals surface area contributed by atoms with Crippen molar-refractivity contribution in [1.82, 2.24) is 4.90 Å². The van der Waals surface area contributed by atoms with Crippen LogP contribution in [0.15, 0.2) is 0 Å². The van der Waals surface area contributed by atoms with Crippen molar-refractivity contribution in [3.8, 4) is 0 Å². The van der Waals surface area contributed by atoms with E-state index in [2.05, 4.69) is 0 Å². The average molecular weight is 287 g/mol. The second kappa shape index (κ2) is 6.61. The number of rotatable bonds is 4. The molecule has 2 aliphatic rings. The van der Waals surface area contributed by atoms with Crippen LogP contribution < -0.4 is 0 Å². The molecule has 0 radical (unpaired) electrons. The molecule has 0 aromatic rings. The molecular weight excluding hydrogens is 266 g/mol. The van der Waals surface area contributed by atoms with Crippen LogP contribution in [0.5, 0.6) is 0 Å². The standard InChI is InChI=1S/C13H21NO4S/c1-2-11-10(3-5-18-11)13(17)14-4-6-19-8-9(14)7-12(15)16/h9-11H,2-8H2,1H3,(H,15,16). The Morgan fingerprint density at radius 3 is 2.95 bits per heavy atom. The van der Waals surface area contributed by atoms with Gasteiger partial charge in [0.05, 0.1) is 24.5 Å². The van der Waals surface area contributed by atoms with Crippen LogP contribution in [0.1, 0.15) is 26.2 Å². The highest BCUT2D eigenvalue weighted by Crippen LogP contribution is 2.28. The first kappa shape index (κ1) is 14.7. The molecule has 108 valence electrons. The molecule has 1 N–H and O–H groups in total. The summed E-state index contributed by atoms with van der Waals surface area (Å²) >= 11 is 1.73. The number of ether oxygens (including phenoxy) is 1. The predicted molar refractivity (Wildman–Crippen MR) is 73.2 cm³/mol. The molecule has 5 nitrogen and oxygen atoms in total. The van der Waals surface area contributed by atoms with Gasteiger partial charge >= 0.3 is 5.97 Å². The number of carbonyl (C=O) groups excluding carboxylic acids is 1.